The van der Waals surface area contributed by atoms with Crippen LogP contribution in [0, 0.1) is 0 Å². The second-order valence-corrected chi connectivity index (χ2v) is 4.66. The minimum absolute atomic E-state index is 0.410. The molecule has 92 valence electrons. The van der Waals surface area contributed by atoms with Gasteiger partial charge in [0.15, 0.2) is 0 Å². The summed E-state index contributed by atoms with van der Waals surface area (Å²) in [7, 11) is 0. The van der Waals surface area contributed by atoms with Gasteiger partial charge in [0.05, 0.1) is 0 Å². The molecule has 0 saturated heterocycles. The molecule has 0 aliphatic carbocycles. The fourth-order valence-corrected chi connectivity index (χ4v) is 2.49. The van der Waals surface area contributed by atoms with Crippen LogP contribution in [0.5, 0.6) is 11.5 Å². The average Bonchev–Trinajstić information content (AvgIpc) is 2.41. The Hall–Kier alpha value is -1.80. The fourth-order valence-electron chi connectivity index (χ4n) is 2.49. The van der Waals surface area contributed by atoms with E-state index in [1.807, 2.05) is 30.3 Å². The Morgan fingerprint density at radius 2 is 1.89 bits per heavy atom. The van der Waals surface area contributed by atoms with Gasteiger partial charge in [-0.25, -0.2) is 0 Å². The van der Waals surface area contributed by atoms with Crippen molar-refractivity contribution in [2.45, 2.75) is 19.4 Å². The summed E-state index contributed by atoms with van der Waals surface area (Å²) in [5.41, 5.74) is 2.70. The molecule has 1 aliphatic rings. The third-order valence-electron chi connectivity index (χ3n) is 3.43. The Morgan fingerprint density at radius 1 is 1.06 bits per heavy atom. The van der Waals surface area contributed by atoms with Crippen LogP contribution in [0.25, 0.3) is 0 Å². The topological polar surface area (TPSA) is 21.3 Å². The summed E-state index contributed by atoms with van der Waals surface area (Å²) in [6.07, 6.45) is 1.03. The quantitative estimate of drug-likeness (QED) is 0.863. The smallest absolute Gasteiger partial charge is 0.130 e. The van der Waals surface area contributed by atoms with Gasteiger partial charge in [0, 0.05) is 11.6 Å². The van der Waals surface area contributed by atoms with Crippen LogP contribution in [0.1, 0.15) is 24.1 Å². The molecule has 2 aromatic rings. The van der Waals surface area contributed by atoms with Crippen molar-refractivity contribution in [3.63, 3.8) is 0 Å². The number of ether oxygens (including phenoxy) is 1. The van der Waals surface area contributed by atoms with Crippen molar-refractivity contribution in [1.29, 1.82) is 0 Å². The predicted molar refractivity (Wildman–Crippen MR) is 73.1 cm³/mol. The first-order valence-corrected chi connectivity index (χ1v) is 6.42. The van der Waals surface area contributed by atoms with Crippen molar-refractivity contribution in [3.8, 4) is 11.5 Å². The maximum Gasteiger partial charge on any atom is 0.130 e. The second-order valence-electron chi connectivity index (χ2n) is 4.66. The van der Waals surface area contributed by atoms with Gasteiger partial charge >= 0.3 is 0 Å². The Balaban J connectivity index is 1.96. The zero-order valence-corrected chi connectivity index (χ0v) is 10.5. The number of benzene rings is 2. The zero-order valence-electron chi connectivity index (χ0n) is 10.5. The highest BCUT2D eigenvalue weighted by molar-refractivity contribution is 5.45. The average molecular weight is 239 g/mol. The van der Waals surface area contributed by atoms with E-state index in [2.05, 4.69) is 30.4 Å². The van der Waals surface area contributed by atoms with E-state index in [4.69, 9.17) is 4.74 Å². The molecule has 0 unspecified atom stereocenters. The van der Waals surface area contributed by atoms with Crippen molar-refractivity contribution < 1.29 is 4.74 Å². The highest BCUT2D eigenvalue weighted by Crippen LogP contribution is 2.32. The molecule has 1 heterocycles. The van der Waals surface area contributed by atoms with E-state index in [9.17, 15) is 0 Å². The van der Waals surface area contributed by atoms with Crippen LogP contribution in [-0.4, -0.2) is 6.54 Å². The molecular formula is C16H17NO. The van der Waals surface area contributed by atoms with Gasteiger partial charge in [0.1, 0.15) is 11.5 Å². The number of para-hydroxylation sites is 1. The van der Waals surface area contributed by atoms with Crippen LogP contribution in [0.3, 0.4) is 0 Å². The van der Waals surface area contributed by atoms with Crippen molar-refractivity contribution in [3.05, 3.63) is 59.7 Å². The normalized spacial score (nSPS) is 18.2. The van der Waals surface area contributed by atoms with Crippen LogP contribution in [0.15, 0.2) is 48.5 Å². The molecule has 0 saturated carbocycles. The van der Waals surface area contributed by atoms with Crippen LogP contribution >= 0.6 is 0 Å². The van der Waals surface area contributed by atoms with E-state index in [0.717, 1.165) is 24.5 Å². The van der Waals surface area contributed by atoms with Crippen LogP contribution in [0.2, 0.25) is 0 Å². The van der Waals surface area contributed by atoms with Crippen LogP contribution in [0.4, 0.5) is 0 Å². The largest absolute Gasteiger partial charge is 0.457 e. The van der Waals surface area contributed by atoms with Crippen molar-refractivity contribution in [1.82, 2.24) is 5.32 Å². The van der Waals surface area contributed by atoms with E-state index in [0.29, 0.717) is 6.04 Å². The first kappa shape index (κ1) is 11.3. The maximum atomic E-state index is 6.00. The lowest BCUT2D eigenvalue weighted by molar-refractivity contribution is 0.460. The molecule has 0 radical (unpaired) electrons. The summed E-state index contributed by atoms with van der Waals surface area (Å²) in [5, 5.41) is 3.47. The van der Waals surface area contributed by atoms with Gasteiger partial charge in [-0.3, -0.25) is 0 Å². The summed E-state index contributed by atoms with van der Waals surface area (Å²) in [6, 6.07) is 16.7. The highest BCUT2D eigenvalue weighted by Gasteiger charge is 2.18. The number of hydrogen-bond acceptors (Lipinski definition) is 2. The molecule has 1 atom stereocenters. The van der Waals surface area contributed by atoms with Gasteiger partial charge in [0.2, 0.25) is 0 Å². The highest BCUT2D eigenvalue weighted by atomic mass is 16.5. The maximum absolute atomic E-state index is 6.00. The predicted octanol–water partition coefficient (Wildman–Crippen LogP) is 3.69. The molecule has 18 heavy (non-hydrogen) atoms. The molecule has 1 N–H and O–H groups in total. The molecule has 0 bridgehead atoms. The third kappa shape index (κ3) is 2.12. The summed E-state index contributed by atoms with van der Waals surface area (Å²) in [4.78, 5) is 0. The Bertz CT molecular complexity index is 536. The number of rotatable bonds is 2. The second kappa shape index (κ2) is 4.83. The SMILES string of the molecule is C[C@H]1NCCc2c(Oc3ccccc3)cccc21. The summed E-state index contributed by atoms with van der Waals surface area (Å²) in [6.45, 7) is 3.22. The first-order valence-electron chi connectivity index (χ1n) is 6.42. The lowest BCUT2D eigenvalue weighted by Gasteiger charge is -2.25. The molecule has 0 aromatic heterocycles. The van der Waals surface area contributed by atoms with Gasteiger partial charge in [-0.1, -0.05) is 30.3 Å². The van der Waals surface area contributed by atoms with Gasteiger partial charge in [0.25, 0.3) is 0 Å². The molecular weight excluding hydrogens is 222 g/mol. The number of nitrogens with one attached hydrogen (secondary N) is 1. The molecule has 0 fully saturated rings. The molecule has 3 rings (SSSR count). The molecule has 2 aromatic carbocycles. The van der Waals surface area contributed by atoms with E-state index < -0.39 is 0 Å². The van der Waals surface area contributed by atoms with E-state index in [1.54, 1.807) is 0 Å². The van der Waals surface area contributed by atoms with Gasteiger partial charge in [-0.05, 0) is 43.7 Å². The van der Waals surface area contributed by atoms with Crippen LogP contribution < -0.4 is 10.1 Å². The summed E-state index contributed by atoms with van der Waals surface area (Å²) in [5.74, 6) is 1.89. The molecule has 2 nitrogen and oxygen atoms in total. The number of fused-ring (bicyclic) bond motifs is 1. The standard InChI is InChI=1S/C16H17NO/c1-12-14-8-5-9-16(15(14)10-11-17-12)18-13-6-3-2-4-7-13/h2-9,12,17H,10-11H2,1H3/t12-/m1/s1. The molecule has 0 amide bonds. The lowest BCUT2D eigenvalue weighted by atomic mass is 9.94. The third-order valence-corrected chi connectivity index (χ3v) is 3.43. The molecule has 2 heteroatoms. The fraction of sp³-hybridized carbons (Fsp3) is 0.250. The van der Waals surface area contributed by atoms with Crippen molar-refractivity contribution in [2.75, 3.05) is 6.54 Å². The Morgan fingerprint density at radius 3 is 2.72 bits per heavy atom. The van der Waals surface area contributed by atoms with E-state index in [-0.39, 0.29) is 0 Å². The molecule has 1 aliphatic heterocycles. The Kier molecular flexibility index (Phi) is 3.03. The zero-order chi connectivity index (χ0) is 12.4. The molecule has 0 spiro atoms. The summed E-state index contributed by atoms with van der Waals surface area (Å²) < 4.78 is 6.00. The summed E-state index contributed by atoms with van der Waals surface area (Å²) >= 11 is 0. The minimum atomic E-state index is 0.410. The number of hydrogen-bond donors (Lipinski definition) is 1. The van der Waals surface area contributed by atoms with Gasteiger partial charge in [-0.2, -0.15) is 0 Å². The minimum Gasteiger partial charge on any atom is -0.457 e. The van der Waals surface area contributed by atoms with Gasteiger partial charge < -0.3 is 10.1 Å². The van der Waals surface area contributed by atoms with Crippen molar-refractivity contribution in [2.24, 2.45) is 0 Å². The monoisotopic (exact) mass is 239 g/mol. The van der Waals surface area contributed by atoms with Gasteiger partial charge in [-0.15, -0.1) is 0 Å². The van der Waals surface area contributed by atoms with E-state index >= 15 is 0 Å². The van der Waals surface area contributed by atoms with Crippen molar-refractivity contribution >= 4 is 0 Å². The lowest BCUT2D eigenvalue weighted by Crippen LogP contribution is -2.27. The Labute approximate surface area is 108 Å². The van der Waals surface area contributed by atoms with E-state index in [1.165, 1.54) is 11.1 Å². The first-order chi connectivity index (χ1) is 8.84. The van der Waals surface area contributed by atoms with Crippen LogP contribution in [-0.2, 0) is 6.42 Å².